The summed E-state index contributed by atoms with van der Waals surface area (Å²) < 4.78 is 5.82. The van der Waals surface area contributed by atoms with Crippen LogP contribution in [0.5, 0.6) is 5.88 Å². The number of pyridine rings is 1. The smallest absolute Gasteiger partial charge is 0.254 e. The predicted octanol–water partition coefficient (Wildman–Crippen LogP) is 3.45. The second-order valence-corrected chi connectivity index (χ2v) is 7.30. The van der Waals surface area contributed by atoms with Gasteiger partial charge in [-0.3, -0.25) is 4.79 Å². The van der Waals surface area contributed by atoms with Crippen LogP contribution in [0.2, 0.25) is 5.02 Å². The number of benzene rings is 1. The van der Waals surface area contributed by atoms with E-state index in [2.05, 4.69) is 10.3 Å². The summed E-state index contributed by atoms with van der Waals surface area (Å²) in [6.45, 7) is 2.04. The van der Waals surface area contributed by atoms with Crippen molar-refractivity contribution in [1.29, 1.82) is 0 Å². The Hall–Kier alpha value is -2.11. The number of hydrogen-bond acceptors (Lipinski definition) is 4. The summed E-state index contributed by atoms with van der Waals surface area (Å²) in [5.41, 5.74) is 1.72. The summed E-state index contributed by atoms with van der Waals surface area (Å²) in [6.07, 6.45) is 5.24. The van der Waals surface area contributed by atoms with E-state index in [1.165, 1.54) is 6.42 Å². The van der Waals surface area contributed by atoms with Crippen LogP contribution in [-0.2, 0) is 0 Å². The van der Waals surface area contributed by atoms with Crippen LogP contribution in [0, 0.1) is 0 Å². The Labute approximate surface area is 158 Å². The molecular weight excluding hydrogens is 350 g/mol. The maximum atomic E-state index is 13.0. The number of rotatable bonds is 4. The van der Waals surface area contributed by atoms with Gasteiger partial charge in [0.15, 0.2) is 0 Å². The topological polar surface area (TPSA) is 54.5 Å². The van der Waals surface area contributed by atoms with Crippen molar-refractivity contribution in [2.45, 2.75) is 31.4 Å². The highest BCUT2D eigenvalue weighted by Crippen LogP contribution is 2.25. The molecule has 1 aliphatic carbocycles. The summed E-state index contributed by atoms with van der Waals surface area (Å²) in [6, 6.07) is 11.4. The molecule has 0 radical (unpaired) electrons. The molecule has 5 nitrogen and oxygen atoms in total. The fourth-order valence-corrected chi connectivity index (χ4v) is 3.53. The molecule has 1 amide bonds. The number of nitrogens with zero attached hydrogens (tertiary/aromatic N) is 2. The van der Waals surface area contributed by atoms with Gasteiger partial charge in [0.05, 0.1) is 6.04 Å². The van der Waals surface area contributed by atoms with E-state index in [4.69, 9.17) is 16.3 Å². The molecule has 1 saturated carbocycles. The van der Waals surface area contributed by atoms with Gasteiger partial charge in [0, 0.05) is 42.5 Å². The van der Waals surface area contributed by atoms with Crippen LogP contribution >= 0.6 is 11.6 Å². The lowest BCUT2D eigenvalue weighted by atomic mass is 9.96. The Morgan fingerprint density at radius 3 is 2.92 bits per heavy atom. The zero-order chi connectivity index (χ0) is 17.9. The Balaban J connectivity index is 1.46. The number of piperazine rings is 1. The average molecular weight is 372 g/mol. The molecule has 2 heterocycles. The van der Waals surface area contributed by atoms with Crippen LogP contribution in [0.4, 0.5) is 0 Å². The molecular formula is C20H22ClN3O2. The van der Waals surface area contributed by atoms with E-state index in [1.807, 2.05) is 29.2 Å². The van der Waals surface area contributed by atoms with Crippen molar-refractivity contribution in [1.82, 2.24) is 15.2 Å². The molecule has 136 valence electrons. The van der Waals surface area contributed by atoms with E-state index < -0.39 is 0 Å². The molecule has 1 saturated heterocycles. The molecule has 0 bridgehead atoms. The molecule has 1 N–H and O–H groups in total. The van der Waals surface area contributed by atoms with E-state index in [-0.39, 0.29) is 18.1 Å². The number of carbonyl (C=O) groups excluding carboxylic acids is 1. The van der Waals surface area contributed by atoms with Crippen LogP contribution in [0.3, 0.4) is 0 Å². The highest BCUT2D eigenvalue weighted by atomic mass is 35.5. The standard InChI is InChI=1S/C20H22ClN3O2/c21-16-4-1-3-14(11-16)18-13-24(10-9-22-18)20(25)15-7-8-23-19(12-15)26-17-5-2-6-17/h1,3-4,7-8,11-12,17-18,22H,2,5-6,9-10,13H2/t18-/m0/s1. The molecule has 2 aromatic rings. The zero-order valence-corrected chi connectivity index (χ0v) is 15.3. The Bertz CT molecular complexity index is 794. The molecule has 26 heavy (non-hydrogen) atoms. The minimum atomic E-state index is 0.0133. The largest absolute Gasteiger partial charge is 0.474 e. The number of hydrogen-bond donors (Lipinski definition) is 1. The maximum absolute atomic E-state index is 13.0. The number of amides is 1. The third-order valence-corrected chi connectivity index (χ3v) is 5.27. The number of halogens is 1. The fraction of sp³-hybridized carbons (Fsp3) is 0.400. The number of carbonyl (C=O) groups is 1. The lowest BCUT2D eigenvalue weighted by Gasteiger charge is -2.34. The monoisotopic (exact) mass is 371 g/mol. The van der Waals surface area contributed by atoms with Gasteiger partial charge < -0.3 is 15.0 Å². The van der Waals surface area contributed by atoms with E-state index in [1.54, 1.807) is 18.3 Å². The summed E-state index contributed by atoms with van der Waals surface area (Å²) >= 11 is 6.11. The number of aromatic nitrogens is 1. The first kappa shape index (κ1) is 17.3. The Morgan fingerprint density at radius 2 is 2.15 bits per heavy atom. The molecule has 0 unspecified atom stereocenters. The fourth-order valence-electron chi connectivity index (χ4n) is 3.33. The minimum absolute atomic E-state index is 0.0133. The summed E-state index contributed by atoms with van der Waals surface area (Å²) in [5, 5.41) is 4.17. The van der Waals surface area contributed by atoms with Gasteiger partial charge in [0.25, 0.3) is 5.91 Å². The molecule has 1 aromatic carbocycles. The molecule has 6 heteroatoms. The lowest BCUT2D eigenvalue weighted by molar-refractivity contribution is 0.0700. The molecule has 2 aliphatic rings. The second kappa shape index (κ2) is 7.64. The second-order valence-electron chi connectivity index (χ2n) is 6.87. The molecule has 2 fully saturated rings. The number of ether oxygens (including phenoxy) is 1. The van der Waals surface area contributed by atoms with Crippen molar-refractivity contribution in [2.75, 3.05) is 19.6 Å². The third-order valence-electron chi connectivity index (χ3n) is 5.04. The van der Waals surface area contributed by atoms with Crippen molar-refractivity contribution in [2.24, 2.45) is 0 Å². The van der Waals surface area contributed by atoms with Gasteiger partial charge in [-0.05, 0) is 43.0 Å². The van der Waals surface area contributed by atoms with E-state index >= 15 is 0 Å². The maximum Gasteiger partial charge on any atom is 0.254 e. The molecule has 1 aliphatic heterocycles. The van der Waals surface area contributed by atoms with E-state index in [9.17, 15) is 4.79 Å². The van der Waals surface area contributed by atoms with Gasteiger partial charge in [-0.25, -0.2) is 4.98 Å². The number of nitrogens with one attached hydrogen (secondary N) is 1. The van der Waals surface area contributed by atoms with E-state index in [0.29, 0.717) is 29.6 Å². The highest BCUT2D eigenvalue weighted by Gasteiger charge is 2.26. The van der Waals surface area contributed by atoms with Crippen LogP contribution in [0.15, 0.2) is 42.6 Å². The van der Waals surface area contributed by atoms with Gasteiger partial charge in [0.1, 0.15) is 6.10 Å². The predicted molar refractivity (Wildman–Crippen MR) is 101 cm³/mol. The van der Waals surface area contributed by atoms with Gasteiger partial charge in [-0.2, -0.15) is 0 Å². The van der Waals surface area contributed by atoms with E-state index in [0.717, 1.165) is 24.9 Å². The lowest BCUT2D eigenvalue weighted by Crippen LogP contribution is -2.48. The van der Waals surface area contributed by atoms with Crippen LogP contribution in [0.1, 0.15) is 41.2 Å². The first-order valence-corrected chi connectivity index (χ1v) is 9.48. The van der Waals surface area contributed by atoms with Gasteiger partial charge >= 0.3 is 0 Å². The van der Waals surface area contributed by atoms with Crippen molar-refractivity contribution >= 4 is 17.5 Å². The molecule has 4 rings (SSSR count). The summed E-state index contributed by atoms with van der Waals surface area (Å²) in [5.74, 6) is 0.557. The van der Waals surface area contributed by atoms with Crippen LogP contribution in [0.25, 0.3) is 0 Å². The van der Waals surface area contributed by atoms with Gasteiger partial charge in [0.2, 0.25) is 5.88 Å². The van der Waals surface area contributed by atoms with Gasteiger partial charge in [-0.1, -0.05) is 23.7 Å². The normalized spacial score (nSPS) is 20.5. The highest BCUT2D eigenvalue weighted by molar-refractivity contribution is 6.30. The quantitative estimate of drug-likeness (QED) is 0.894. The van der Waals surface area contributed by atoms with Crippen molar-refractivity contribution in [3.05, 3.63) is 58.7 Å². The Morgan fingerprint density at radius 1 is 1.27 bits per heavy atom. The van der Waals surface area contributed by atoms with Crippen molar-refractivity contribution in [3.63, 3.8) is 0 Å². The molecule has 1 aromatic heterocycles. The summed E-state index contributed by atoms with van der Waals surface area (Å²) in [7, 11) is 0. The first-order valence-electron chi connectivity index (χ1n) is 9.10. The Kier molecular flexibility index (Phi) is 5.09. The first-order chi connectivity index (χ1) is 12.7. The molecule has 0 spiro atoms. The SMILES string of the molecule is O=C(c1ccnc(OC2CCC2)c1)N1CCN[C@H](c2cccc(Cl)c2)C1. The third kappa shape index (κ3) is 3.84. The van der Waals surface area contributed by atoms with Crippen molar-refractivity contribution < 1.29 is 9.53 Å². The van der Waals surface area contributed by atoms with Crippen molar-refractivity contribution in [3.8, 4) is 5.88 Å². The van der Waals surface area contributed by atoms with Gasteiger partial charge in [-0.15, -0.1) is 0 Å². The average Bonchev–Trinajstić information content (AvgIpc) is 2.64. The van der Waals surface area contributed by atoms with Crippen LogP contribution in [-0.4, -0.2) is 41.5 Å². The zero-order valence-electron chi connectivity index (χ0n) is 14.5. The van der Waals surface area contributed by atoms with Crippen LogP contribution < -0.4 is 10.1 Å². The minimum Gasteiger partial charge on any atom is -0.474 e. The molecule has 1 atom stereocenters. The summed E-state index contributed by atoms with van der Waals surface area (Å²) in [4.78, 5) is 19.1.